The Morgan fingerprint density at radius 2 is 2.17 bits per heavy atom. The number of aromatic carboxylic acids is 1. The summed E-state index contributed by atoms with van der Waals surface area (Å²) in [5, 5.41) is 12.1. The number of nitrogens with zero attached hydrogens (tertiary/aromatic N) is 1. The number of benzene rings is 1. The summed E-state index contributed by atoms with van der Waals surface area (Å²) in [5.74, 6) is -1.18. The summed E-state index contributed by atoms with van der Waals surface area (Å²) in [6.07, 6.45) is 2.97. The van der Waals surface area contributed by atoms with Crippen LogP contribution in [0, 0.1) is 0 Å². The molecule has 0 spiro atoms. The lowest BCUT2D eigenvalue weighted by atomic mass is 10.1. The van der Waals surface area contributed by atoms with Crippen LogP contribution >= 0.6 is 11.6 Å². The third-order valence-electron chi connectivity index (χ3n) is 2.88. The van der Waals surface area contributed by atoms with Crippen molar-refractivity contribution in [2.75, 3.05) is 0 Å². The number of rotatable bonds is 4. The number of fused-ring (bicyclic) bond motifs is 1. The van der Waals surface area contributed by atoms with E-state index in [2.05, 4.69) is 11.9 Å². The summed E-state index contributed by atoms with van der Waals surface area (Å²) in [6.45, 7) is 2.11. The minimum Gasteiger partial charge on any atom is -0.545 e. The summed E-state index contributed by atoms with van der Waals surface area (Å²) in [5.41, 5.74) is 1.82. The lowest BCUT2D eigenvalue weighted by molar-refractivity contribution is -0.255. The third-order valence-corrected chi connectivity index (χ3v) is 3.20. The van der Waals surface area contributed by atoms with E-state index in [1.807, 2.05) is 6.07 Å². The first-order chi connectivity index (χ1) is 8.61. The van der Waals surface area contributed by atoms with Gasteiger partial charge in [-0.25, -0.2) is 4.98 Å². The largest absolute Gasteiger partial charge is 0.545 e. The Morgan fingerprint density at radius 1 is 1.39 bits per heavy atom. The van der Waals surface area contributed by atoms with Crippen molar-refractivity contribution in [1.29, 1.82) is 0 Å². The van der Waals surface area contributed by atoms with Gasteiger partial charge in [-0.3, -0.25) is 0 Å². The van der Waals surface area contributed by atoms with E-state index in [0.29, 0.717) is 10.7 Å². The zero-order valence-electron chi connectivity index (χ0n) is 10.1. The van der Waals surface area contributed by atoms with E-state index >= 15 is 0 Å². The smallest absolute Gasteiger partial charge is 0.132 e. The Labute approximate surface area is 110 Å². The molecule has 2 rings (SSSR count). The maximum Gasteiger partial charge on any atom is 0.132 e. The molecule has 0 aliphatic heterocycles. The van der Waals surface area contributed by atoms with E-state index in [-0.39, 0.29) is 5.56 Å². The zero-order valence-corrected chi connectivity index (χ0v) is 10.8. The molecule has 0 unspecified atom stereocenters. The maximum absolute atomic E-state index is 10.8. The monoisotopic (exact) mass is 262 g/mol. The first-order valence-electron chi connectivity index (χ1n) is 5.92. The van der Waals surface area contributed by atoms with Gasteiger partial charge in [0.05, 0.1) is 11.5 Å². The van der Waals surface area contributed by atoms with Gasteiger partial charge >= 0.3 is 0 Å². The number of hydrogen-bond acceptors (Lipinski definition) is 3. The number of unbranched alkanes of at least 4 members (excludes halogenated alkanes) is 1. The summed E-state index contributed by atoms with van der Waals surface area (Å²) in [7, 11) is 0. The van der Waals surface area contributed by atoms with Crippen LogP contribution in [0.5, 0.6) is 0 Å². The van der Waals surface area contributed by atoms with Gasteiger partial charge in [0.15, 0.2) is 0 Å². The lowest BCUT2D eigenvalue weighted by Crippen LogP contribution is -2.22. The van der Waals surface area contributed by atoms with Crippen molar-refractivity contribution in [3.05, 3.63) is 40.5 Å². The molecule has 18 heavy (non-hydrogen) atoms. The number of aromatic nitrogens is 1. The molecule has 3 nitrogen and oxygen atoms in total. The summed E-state index contributed by atoms with van der Waals surface area (Å²) in [4.78, 5) is 15.1. The van der Waals surface area contributed by atoms with E-state index < -0.39 is 5.97 Å². The van der Waals surface area contributed by atoms with Crippen molar-refractivity contribution in [1.82, 2.24) is 4.98 Å². The second-order valence-corrected chi connectivity index (χ2v) is 4.59. The lowest BCUT2D eigenvalue weighted by Gasteiger charge is -2.08. The average molecular weight is 263 g/mol. The van der Waals surface area contributed by atoms with Crippen LogP contribution in [0.1, 0.15) is 35.7 Å². The molecule has 0 aliphatic carbocycles. The average Bonchev–Trinajstić information content (AvgIpc) is 2.35. The van der Waals surface area contributed by atoms with Crippen molar-refractivity contribution in [2.45, 2.75) is 26.2 Å². The van der Waals surface area contributed by atoms with Crippen LogP contribution in [-0.4, -0.2) is 11.0 Å². The van der Waals surface area contributed by atoms with E-state index in [1.54, 1.807) is 12.1 Å². The van der Waals surface area contributed by atoms with Gasteiger partial charge in [-0.1, -0.05) is 31.0 Å². The molecule has 0 bridgehead atoms. The van der Waals surface area contributed by atoms with Crippen LogP contribution < -0.4 is 5.11 Å². The topological polar surface area (TPSA) is 53.0 Å². The molecule has 0 fully saturated rings. The van der Waals surface area contributed by atoms with Crippen LogP contribution in [0.15, 0.2) is 24.3 Å². The van der Waals surface area contributed by atoms with E-state index in [0.717, 1.165) is 30.2 Å². The number of hydrogen-bond donors (Lipinski definition) is 0. The minimum atomic E-state index is -1.18. The van der Waals surface area contributed by atoms with Crippen LogP contribution in [0.2, 0.25) is 5.15 Å². The van der Waals surface area contributed by atoms with Crippen molar-refractivity contribution < 1.29 is 9.90 Å². The molecule has 1 aromatic carbocycles. The van der Waals surface area contributed by atoms with E-state index in [4.69, 9.17) is 11.6 Å². The molecule has 0 saturated carbocycles. The van der Waals surface area contributed by atoms with Crippen molar-refractivity contribution in [3.8, 4) is 0 Å². The second-order valence-electron chi connectivity index (χ2n) is 4.24. The quantitative estimate of drug-likeness (QED) is 0.796. The zero-order chi connectivity index (χ0) is 13.1. The highest BCUT2D eigenvalue weighted by Gasteiger charge is 2.05. The van der Waals surface area contributed by atoms with E-state index in [1.165, 1.54) is 6.07 Å². The molecule has 0 saturated heterocycles. The van der Waals surface area contributed by atoms with Gasteiger partial charge in [-0.2, -0.15) is 0 Å². The van der Waals surface area contributed by atoms with Gasteiger partial charge in [-0.05, 0) is 42.2 Å². The maximum atomic E-state index is 10.8. The van der Waals surface area contributed by atoms with Gasteiger partial charge in [0.1, 0.15) is 5.15 Å². The number of carboxylic acid groups (broad SMARTS) is 1. The standard InChI is InChI=1S/C14H14ClNO2/c1-2-3-4-9-7-11-8-10(14(17)18)5-6-12(11)16-13(9)15/h5-8H,2-4H2,1H3,(H,17,18)/p-1. The minimum absolute atomic E-state index is 0.160. The Balaban J connectivity index is 2.49. The molecule has 4 heteroatoms. The number of carboxylic acids is 1. The fourth-order valence-electron chi connectivity index (χ4n) is 1.87. The van der Waals surface area contributed by atoms with Crippen LogP contribution in [0.4, 0.5) is 0 Å². The Hall–Kier alpha value is -1.61. The highest BCUT2D eigenvalue weighted by atomic mass is 35.5. The number of halogens is 1. The predicted molar refractivity (Wildman–Crippen MR) is 69.7 cm³/mol. The Morgan fingerprint density at radius 3 is 2.83 bits per heavy atom. The summed E-state index contributed by atoms with van der Waals surface area (Å²) >= 11 is 6.10. The molecule has 1 heterocycles. The van der Waals surface area contributed by atoms with Gasteiger partial charge in [0, 0.05) is 5.39 Å². The molecule has 0 amide bonds. The Kier molecular flexibility index (Phi) is 3.82. The molecular formula is C14H13ClNO2-. The molecule has 94 valence electrons. The number of carbonyl (C=O) groups excluding carboxylic acids is 1. The predicted octanol–water partition coefficient (Wildman–Crippen LogP) is 2.59. The molecule has 2 aromatic rings. The number of pyridine rings is 1. The first-order valence-corrected chi connectivity index (χ1v) is 6.30. The second kappa shape index (κ2) is 5.36. The first kappa shape index (κ1) is 12.8. The highest BCUT2D eigenvalue weighted by molar-refractivity contribution is 6.30. The van der Waals surface area contributed by atoms with Crippen molar-refractivity contribution in [2.24, 2.45) is 0 Å². The molecule has 0 radical (unpaired) electrons. The Bertz CT molecular complexity index is 596. The van der Waals surface area contributed by atoms with Crippen molar-refractivity contribution in [3.63, 3.8) is 0 Å². The van der Waals surface area contributed by atoms with Gasteiger partial charge in [-0.15, -0.1) is 0 Å². The number of aryl methyl sites for hydroxylation is 1. The third kappa shape index (κ3) is 2.62. The van der Waals surface area contributed by atoms with Gasteiger partial charge in [0.2, 0.25) is 0 Å². The summed E-state index contributed by atoms with van der Waals surface area (Å²) < 4.78 is 0. The van der Waals surface area contributed by atoms with Crippen LogP contribution in [0.25, 0.3) is 10.9 Å². The normalized spacial score (nSPS) is 10.8. The highest BCUT2D eigenvalue weighted by Crippen LogP contribution is 2.23. The fraction of sp³-hybridized carbons (Fsp3) is 0.286. The summed E-state index contributed by atoms with van der Waals surface area (Å²) in [6, 6.07) is 6.61. The molecule has 1 aromatic heterocycles. The van der Waals surface area contributed by atoms with Crippen molar-refractivity contribution >= 4 is 28.5 Å². The van der Waals surface area contributed by atoms with Crippen LogP contribution in [0.3, 0.4) is 0 Å². The van der Waals surface area contributed by atoms with Crippen LogP contribution in [-0.2, 0) is 6.42 Å². The van der Waals surface area contributed by atoms with Gasteiger partial charge < -0.3 is 9.90 Å². The van der Waals surface area contributed by atoms with Gasteiger partial charge in [0.25, 0.3) is 0 Å². The number of carbonyl (C=O) groups is 1. The molecule has 0 aliphatic rings. The molecule has 0 atom stereocenters. The molecular weight excluding hydrogens is 250 g/mol. The fourth-order valence-corrected chi connectivity index (χ4v) is 2.11. The molecule has 0 N–H and O–H groups in total. The SMILES string of the molecule is CCCCc1cc2cc(C(=O)[O-])ccc2nc1Cl. The van der Waals surface area contributed by atoms with E-state index in [9.17, 15) is 9.90 Å².